The number of benzene rings is 2. The molecule has 1 aliphatic carbocycles. The van der Waals surface area contributed by atoms with Crippen molar-refractivity contribution in [1.82, 2.24) is 20.2 Å². The Morgan fingerprint density at radius 2 is 1.89 bits per heavy atom. The van der Waals surface area contributed by atoms with E-state index in [-0.39, 0.29) is 23.4 Å². The Bertz CT molecular complexity index is 1550. The lowest BCUT2D eigenvalue weighted by Gasteiger charge is -2.43. The lowest BCUT2D eigenvalue weighted by molar-refractivity contribution is -0.133. The number of hydrogen-bond donors (Lipinski definition) is 3. The van der Waals surface area contributed by atoms with Crippen LogP contribution in [0, 0.1) is 18.8 Å². The molecule has 2 fully saturated rings. The molecule has 4 aromatic rings. The molecule has 0 spiro atoms. The Labute approximate surface area is 215 Å². The number of carbonyl (C=O) groups excluding carboxylic acids is 2. The van der Waals surface area contributed by atoms with Crippen LogP contribution in [0.5, 0.6) is 0 Å². The highest BCUT2D eigenvalue weighted by molar-refractivity contribution is 6.06. The minimum absolute atomic E-state index is 0.0947. The van der Waals surface area contributed by atoms with Gasteiger partial charge >= 0.3 is 0 Å². The maximum atomic E-state index is 13.2. The van der Waals surface area contributed by atoms with Crippen molar-refractivity contribution >= 4 is 33.6 Å². The van der Waals surface area contributed by atoms with E-state index in [1.54, 1.807) is 18.2 Å². The third kappa shape index (κ3) is 4.66. The fourth-order valence-corrected chi connectivity index (χ4v) is 6.34. The first-order chi connectivity index (χ1) is 17.9. The predicted molar refractivity (Wildman–Crippen MR) is 145 cm³/mol. The van der Waals surface area contributed by atoms with Gasteiger partial charge in [0.05, 0.1) is 6.42 Å². The highest BCUT2D eigenvalue weighted by Crippen LogP contribution is 2.37. The lowest BCUT2D eigenvalue weighted by Crippen LogP contribution is -2.49. The molecular formula is C30H32N4O3. The minimum atomic E-state index is -0.176. The Morgan fingerprint density at radius 3 is 2.78 bits per heavy atom. The number of aromatic nitrogens is 2. The van der Waals surface area contributed by atoms with Gasteiger partial charge in [0.2, 0.25) is 11.5 Å². The van der Waals surface area contributed by atoms with Crippen LogP contribution in [-0.2, 0) is 11.2 Å². The van der Waals surface area contributed by atoms with E-state index in [2.05, 4.69) is 40.4 Å². The highest BCUT2D eigenvalue weighted by Gasteiger charge is 2.36. The molecule has 2 aromatic heterocycles. The van der Waals surface area contributed by atoms with Crippen LogP contribution in [0.25, 0.3) is 21.8 Å². The summed E-state index contributed by atoms with van der Waals surface area (Å²) in [4.78, 5) is 46.1. The first kappa shape index (κ1) is 23.5. The summed E-state index contributed by atoms with van der Waals surface area (Å²) in [6.45, 7) is 3.66. The normalized spacial score (nSPS) is 21.6. The Kier molecular flexibility index (Phi) is 6.07. The number of nitrogens with one attached hydrogen (secondary N) is 3. The zero-order chi connectivity index (χ0) is 25.5. The summed E-state index contributed by atoms with van der Waals surface area (Å²) >= 11 is 0. The summed E-state index contributed by atoms with van der Waals surface area (Å²) < 4.78 is 0. The van der Waals surface area contributed by atoms with Crippen molar-refractivity contribution in [3.05, 3.63) is 81.8 Å². The molecule has 6 rings (SSSR count). The van der Waals surface area contributed by atoms with Gasteiger partial charge in [-0.25, -0.2) is 0 Å². The van der Waals surface area contributed by atoms with Gasteiger partial charge in [0, 0.05) is 58.8 Å². The molecule has 3 N–H and O–H groups in total. The fraction of sp³-hybridized carbons (Fsp3) is 0.367. The Balaban J connectivity index is 1.07. The van der Waals surface area contributed by atoms with Crippen LogP contribution in [0.15, 0.2) is 59.5 Å². The second kappa shape index (κ2) is 9.54. The molecule has 3 unspecified atom stereocenters. The SMILES string of the molecule is Cc1ccc2[nH]cc(CC(=O)N3CCC4CC(NC(=O)c5cccc6[nH]c(=O)ccc56)CCC4C3)c2c1. The summed E-state index contributed by atoms with van der Waals surface area (Å²) in [5, 5.41) is 5.14. The van der Waals surface area contributed by atoms with Gasteiger partial charge in [-0.2, -0.15) is 0 Å². The molecule has 2 aromatic carbocycles. The molecule has 3 heterocycles. The van der Waals surface area contributed by atoms with Crippen LogP contribution >= 0.6 is 0 Å². The molecule has 0 radical (unpaired) electrons. The van der Waals surface area contributed by atoms with Gasteiger partial charge in [-0.15, -0.1) is 0 Å². The Morgan fingerprint density at radius 1 is 1.00 bits per heavy atom. The van der Waals surface area contributed by atoms with Gasteiger partial charge < -0.3 is 20.2 Å². The van der Waals surface area contributed by atoms with Crippen molar-refractivity contribution in [3.63, 3.8) is 0 Å². The van der Waals surface area contributed by atoms with Crippen molar-refractivity contribution in [2.75, 3.05) is 13.1 Å². The van der Waals surface area contributed by atoms with Crippen molar-refractivity contribution in [3.8, 4) is 0 Å². The first-order valence-electron chi connectivity index (χ1n) is 13.2. The van der Waals surface area contributed by atoms with E-state index < -0.39 is 0 Å². The smallest absolute Gasteiger partial charge is 0.252 e. The molecule has 7 nitrogen and oxygen atoms in total. The van der Waals surface area contributed by atoms with Crippen LogP contribution in [0.4, 0.5) is 0 Å². The zero-order valence-corrected chi connectivity index (χ0v) is 21.0. The number of hydrogen-bond acceptors (Lipinski definition) is 3. The van der Waals surface area contributed by atoms with E-state index in [9.17, 15) is 14.4 Å². The average molecular weight is 497 g/mol. The highest BCUT2D eigenvalue weighted by atomic mass is 16.2. The largest absolute Gasteiger partial charge is 0.361 e. The van der Waals surface area contributed by atoms with Crippen LogP contribution < -0.4 is 10.9 Å². The molecular weight excluding hydrogens is 464 g/mol. The molecule has 1 saturated carbocycles. The van der Waals surface area contributed by atoms with E-state index in [0.29, 0.717) is 29.3 Å². The topological polar surface area (TPSA) is 98.1 Å². The number of amides is 2. The van der Waals surface area contributed by atoms with Crippen LogP contribution in [-0.4, -0.2) is 45.8 Å². The molecule has 190 valence electrons. The maximum absolute atomic E-state index is 13.2. The van der Waals surface area contributed by atoms with Gasteiger partial charge in [-0.3, -0.25) is 14.4 Å². The summed E-state index contributed by atoms with van der Waals surface area (Å²) in [6, 6.07) is 15.0. The first-order valence-corrected chi connectivity index (χ1v) is 13.2. The number of rotatable bonds is 4. The van der Waals surface area contributed by atoms with Crippen LogP contribution in [0.2, 0.25) is 0 Å². The molecule has 1 aliphatic heterocycles. The summed E-state index contributed by atoms with van der Waals surface area (Å²) in [5.41, 5.74) is 4.41. The minimum Gasteiger partial charge on any atom is -0.361 e. The molecule has 3 atom stereocenters. The number of likely N-dealkylation sites (tertiary alicyclic amines) is 1. The molecule has 2 aliphatic rings. The third-order valence-corrected chi connectivity index (χ3v) is 8.33. The van der Waals surface area contributed by atoms with Crippen molar-refractivity contribution in [2.45, 2.75) is 45.1 Å². The second-order valence-corrected chi connectivity index (χ2v) is 10.8. The van der Waals surface area contributed by atoms with Crippen LogP contribution in [0.1, 0.15) is 47.2 Å². The van der Waals surface area contributed by atoms with E-state index in [1.165, 1.54) is 11.6 Å². The fourth-order valence-electron chi connectivity index (χ4n) is 6.34. The zero-order valence-electron chi connectivity index (χ0n) is 21.0. The van der Waals surface area contributed by atoms with E-state index in [4.69, 9.17) is 0 Å². The Hall–Kier alpha value is -3.87. The van der Waals surface area contributed by atoms with Crippen molar-refractivity contribution in [1.29, 1.82) is 0 Å². The molecule has 1 saturated heterocycles. The summed E-state index contributed by atoms with van der Waals surface area (Å²) in [6.07, 6.45) is 6.24. The monoisotopic (exact) mass is 496 g/mol. The van der Waals surface area contributed by atoms with Crippen LogP contribution in [0.3, 0.4) is 0 Å². The maximum Gasteiger partial charge on any atom is 0.252 e. The van der Waals surface area contributed by atoms with Gasteiger partial charge in [0.1, 0.15) is 0 Å². The quantitative estimate of drug-likeness (QED) is 0.393. The standard InChI is InChI=1S/C30H32N4O3/c1-18-5-9-26-25(13-18)21(16-31-26)15-29(36)34-12-11-19-14-22(7-6-20(19)17-34)32-30(37)24-3-2-4-27-23(24)8-10-28(35)33-27/h2-5,8-10,13,16,19-20,22,31H,6-7,11-12,14-15,17H2,1H3,(H,32,37)(H,33,35). The second-order valence-electron chi connectivity index (χ2n) is 10.8. The number of nitrogens with zero attached hydrogens (tertiary/aromatic N) is 1. The molecule has 7 heteroatoms. The number of H-pyrrole nitrogens is 2. The summed E-state index contributed by atoms with van der Waals surface area (Å²) in [5.74, 6) is 1.11. The van der Waals surface area contributed by atoms with Gasteiger partial charge in [0.25, 0.3) is 5.91 Å². The number of aromatic amines is 2. The number of aryl methyl sites for hydroxylation is 1. The predicted octanol–water partition coefficient (Wildman–Crippen LogP) is 4.31. The van der Waals surface area contributed by atoms with E-state index in [1.807, 2.05) is 17.2 Å². The van der Waals surface area contributed by atoms with Crippen molar-refractivity contribution < 1.29 is 9.59 Å². The van der Waals surface area contributed by atoms with E-state index in [0.717, 1.165) is 60.6 Å². The van der Waals surface area contributed by atoms with E-state index >= 15 is 0 Å². The number of carbonyl (C=O) groups is 2. The average Bonchev–Trinajstić information content (AvgIpc) is 3.29. The van der Waals surface area contributed by atoms with Gasteiger partial charge in [-0.05, 0) is 80.3 Å². The van der Waals surface area contributed by atoms with Crippen molar-refractivity contribution in [2.24, 2.45) is 11.8 Å². The lowest BCUT2D eigenvalue weighted by atomic mass is 9.73. The van der Waals surface area contributed by atoms with Gasteiger partial charge in [-0.1, -0.05) is 17.7 Å². The number of fused-ring (bicyclic) bond motifs is 3. The third-order valence-electron chi connectivity index (χ3n) is 8.33. The van der Waals surface area contributed by atoms with Gasteiger partial charge in [0.15, 0.2) is 0 Å². The molecule has 2 amide bonds. The number of piperidine rings is 1. The molecule has 37 heavy (non-hydrogen) atoms. The molecule has 0 bridgehead atoms. The number of pyridine rings is 1. The summed E-state index contributed by atoms with van der Waals surface area (Å²) in [7, 11) is 0.